The van der Waals surface area contributed by atoms with E-state index in [4.69, 9.17) is 5.11 Å². The summed E-state index contributed by atoms with van der Waals surface area (Å²) in [6, 6.07) is 2.05. The normalized spacial score (nSPS) is 24.9. The number of hydrogen-bond acceptors (Lipinski definition) is 3. The molecule has 1 aromatic rings. The molecule has 1 aliphatic carbocycles. The number of amides is 1. The molecule has 3 rings (SSSR count). The molecule has 1 aromatic heterocycles. The first kappa shape index (κ1) is 14.6. The molecule has 1 N–H and O–H groups in total. The number of fused-ring (bicyclic) bond motifs is 1. The molecule has 0 saturated carbocycles. The van der Waals surface area contributed by atoms with Gasteiger partial charge in [0.25, 0.3) is 5.91 Å². The van der Waals surface area contributed by atoms with Crippen molar-refractivity contribution in [1.29, 1.82) is 0 Å². The fraction of sp³-hybridized carbons (Fsp3) is 0.625. The van der Waals surface area contributed by atoms with Crippen LogP contribution in [0.5, 0.6) is 0 Å². The number of rotatable bonds is 3. The molecule has 5 heteroatoms. The number of carbonyl (C=O) groups is 2. The summed E-state index contributed by atoms with van der Waals surface area (Å²) in [4.78, 5) is 27.4. The zero-order chi connectivity index (χ0) is 15.0. The van der Waals surface area contributed by atoms with Crippen LogP contribution in [0, 0.1) is 11.8 Å². The molecular formula is C16H21NO3S. The molecule has 1 saturated heterocycles. The second kappa shape index (κ2) is 5.79. The summed E-state index contributed by atoms with van der Waals surface area (Å²) < 4.78 is 0. The smallest absolute Gasteiger partial charge is 0.308 e. The summed E-state index contributed by atoms with van der Waals surface area (Å²) in [5, 5.41) is 9.04. The fourth-order valence-electron chi connectivity index (χ4n) is 3.36. The molecule has 2 atom stereocenters. The van der Waals surface area contributed by atoms with E-state index in [-0.39, 0.29) is 5.91 Å². The average Bonchev–Trinajstić information content (AvgIpc) is 3.12. The number of carboxylic acid groups (broad SMARTS) is 1. The van der Waals surface area contributed by atoms with Gasteiger partial charge in [-0.2, -0.15) is 0 Å². The number of thiophene rings is 1. The Hall–Kier alpha value is -1.36. The third-order valence-electron chi connectivity index (χ3n) is 4.80. The van der Waals surface area contributed by atoms with E-state index in [1.807, 2.05) is 0 Å². The highest BCUT2D eigenvalue weighted by Gasteiger charge is 2.32. The van der Waals surface area contributed by atoms with Crippen molar-refractivity contribution in [2.75, 3.05) is 13.1 Å². The maximum Gasteiger partial charge on any atom is 0.308 e. The highest BCUT2D eigenvalue weighted by atomic mass is 32.1. The number of aryl methyl sites for hydroxylation is 1. The van der Waals surface area contributed by atoms with Crippen molar-refractivity contribution >= 4 is 23.2 Å². The Balaban J connectivity index is 1.72. The molecule has 0 radical (unpaired) electrons. The number of nitrogens with zero attached hydrogens (tertiary/aromatic N) is 1. The Labute approximate surface area is 128 Å². The standard InChI is InChI=1S/C16H21NO3S/c1-2-10-3-4-13-12(7-10)8-14(21-13)15(18)17-6-5-11(9-17)16(19)20/h8,10-11H,2-7,9H2,1H3,(H,19,20). The van der Waals surface area contributed by atoms with Crippen LogP contribution in [0.25, 0.3) is 0 Å². The van der Waals surface area contributed by atoms with Gasteiger partial charge in [-0.05, 0) is 43.2 Å². The van der Waals surface area contributed by atoms with Crippen molar-refractivity contribution in [2.45, 2.75) is 39.0 Å². The molecule has 1 amide bonds. The van der Waals surface area contributed by atoms with Crippen LogP contribution in [0.1, 0.15) is 46.3 Å². The van der Waals surface area contributed by atoms with Gasteiger partial charge in [0.1, 0.15) is 0 Å². The van der Waals surface area contributed by atoms with Gasteiger partial charge in [0.15, 0.2) is 0 Å². The first-order chi connectivity index (χ1) is 10.1. The highest BCUT2D eigenvalue weighted by molar-refractivity contribution is 7.14. The summed E-state index contributed by atoms with van der Waals surface area (Å²) in [6.07, 6.45) is 5.18. The number of carbonyl (C=O) groups excluding carboxylic acids is 1. The van der Waals surface area contributed by atoms with Crippen molar-refractivity contribution in [1.82, 2.24) is 4.90 Å². The molecule has 2 heterocycles. The largest absolute Gasteiger partial charge is 0.481 e. The van der Waals surface area contributed by atoms with Gasteiger partial charge < -0.3 is 10.0 Å². The fourth-order valence-corrected chi connectivity index (χ4v) is 4.53. The highest BCUT2D eigenvalue weighted by Crippen LogP contribution is 2.34. The maximum atomic E-state index is 12.5. The molecule has 2 unspecified atom stereocenters. The van der Waals surface area contributed by atoms with Gasteiger partial charge in [-0.1, -0.05) is 13.3 Å². The van der Waals surface area contributed by atoms with Crippen LogP contribution >= 0.6 is 11.3 Å². The average molecular weight is 307 g/mol. The van der Waals surface area contributed by atoms with Crippen LogP contribution < -0.4 is 0 Å². The van der Waals surface area contributed by atoms with Crippen LogP contribution in [0.4, 0.5) is 0 Å². The molecule has 4 nitrogen and oxygen atoms in total. The molecular weight excluding hydrogens is 286 g/mol. The van der Waals surface area contributed by atoms with Crippen LogP contribution in [0.15, 0.2) is 6.07 Å². The lowest BCUT2D eigenvalue weighted by Gasteiger charge is -2.19. The van der Waals surface area contributed by atoms with E-state index in [0.717, 1.165) is 23.6 Å². The first-order valence-corrected chi connectivity index (χ1v) is 8.53. The quantitative estimate of drug-likeness (QED) is 0.934. The van der Waals surface area contributed by atoms with E-state index in [1.165, 1.54) is 23.3 Å². The molecule has 21 heavy (non-hydrogen) atoms. The van der Waals surface area contributed by atoms with E-state index in [9.17, 15) is 9.59 Å². The molecule has 1 aliphatic heterocycles. The van der Waals surface area contributed by atoms with E-state index in [1.54, 1.807) is 16.2 Å². The van der Waals surface area contributed by atoms with Crippen molar-refractivity contribution in [3.05, 3.63) is 21.4 Å². The number of likely N-dealkylation sites (tertiary alicyclic amines) is 1. The number of carboxylic acids is 1. The predicted octanol–water partition coefficient (Wildman–Crippen LogP) is 2.81. The Morgan fingerprint density at radius 3 is 2.90 bits per heavy atom. The van der Waals surface area contributed by atoms with Gasteiger partial charge in [0, 0.05) is 18.0 Å². The summed E-state index contributed by atoms with van der Waals surface area (Å²) in [5.41, 5.74) is 1.34. The Morgan fingerprint density at radius 2 is 2.24 bits per heavy atom. The lowest BCUT2D eigenvalue weighted by atomic mass is 9.87. The summed E-state index contributed by atoms with van der Waals surface area (Å²) in [7, 11) is 0. The summed E-state index contributed by atoms with van der Waals surface area (Å²) in [5.74, 6) is -0.418. The van der Waals surface area contributed by atoms with Crippen LogP contribution in [-0.2, 0) is 17.6 Å². The number of aliphatic carboxylic acids is 1. The molecule has 2 aliphatic rings. The minimum absolute atomic E-state index is 0.0196. The van der Waals surface area contributed by atoms with E-state index in [0.29, 0.717) is 19.5 Å². The third-order valence-corrected chi connectivity index (χ3v) is 6.02. The Kier molecular flexibility index (Phi) is 4.02. The molecule has 114 valence electrons. The maximum absolute atomic E-state index is 12.5. The van der Waals surface area contributed by atoms with Gasteiger partial charge in [0.2, 0.25) is 0 Å². The third kappa shape index (κ3) is 2.84. The topological polar surface area (TPSA) is 57.6 Å². The first-order valence-electron chi connectivity index (χ1n) is 7.72. The molecule has 1 fully saturated rings. The lowest BCUT2D eigenvalue weighted by Crippen LogP contribution is -2.29. The molecule has 0 aromatic carbocycles. The monoisotopic (exact) mass is 307 g/mol. The van der Waals surface area contributed by atoms with Crippen LogP contribution in [0.2, 0.25) is 0 Å². The minimum Gasteiger partial charge on any atom is -0.481 e. The van der Waals surface area contributed by atoms with Gasteiger partial charge in [-0.3, -0.25) is 9.59 Å². The molecule has 0 bridgehead atoms. The number of hydrogen-bond donors (Lipinski definition) is 1. The van der Waals surface area contributed by atoms with Crippen LogP contribution in [0.3, 0.4) is 0 Å². The van der Waals surface area contributed by atoms with E-state index in [2.05, 4.69) is 13.0 Å². The van der Waals surface area contributed by atoms with Crippen molar-refractivity contribution in [2.24, 2.45) is 11.8 Å². The zero-order valence-electron chi connectivity index (χ0n) is 12.3. The molecule has 0 spiro atoms. The lowest BCUT2D eigenvalue weighted by molar-refractivity contribution is -0.141. The Bertz CT molecular complexity index is 566. The summed E-state index contributed by atoms with van der Waals surface area (Å²) in [6.45, 7) is 3.15. The van der Waals surface area contributed by atoms with Crippen molar-refractivity contribution in [3.63, 3.8) is 0 Å². The van der Waals surface area contributed by atoms with Crippen molar-refractivity contribution < 1.29 is 14.7 Å². The second-order valence-electron chi connectivity index (χ2n) is 6.15. The second-order valence-corrected chi connectivity index (χ2v) is 7.29. The Morgan fingerprint density at radius 1 is 1.43 bits per heavy atom. The van der Waals surface area contributed by atoms with Crippen LogP contribution in [-0.4, -0.2) is 35.0 Å². The van der Waals surface area contributed by atoms with Gasteiger partial charge in [-0.15, -0.1) is 11.3 Å². The minimum atomic E-state index is -0.790. The van der Waals surface area contributed by atoms with E-state index >= 15 is 0 Å². The predicted molar refractivity (Wildman–Crippen MR) is 81.8 cm³/mol. The summed E-state index contributed by atoms with van der Waals surface area (Å²) >= 11 is 1.61. The van der Waals surface area contributed by atoms with Crippen molar-refractivity contribution in [3.8, 4) is 0 Å². The zero-order valence-corrected chi connectivity index (χ0v) is 13.1. The van der Waals surface area contributed by atoms with Gasteiger partial charge in [0.05, 0.1) is 10.8 Å². The van der Waals surface area contributed by atoms with E-state index < -0.39 is 11.9 Å². The SMILES string of the molecule is CCC1CCc2sc(C(=O)N3CCC(C(=O)O)C3)cc2C1. The van der Waals surface area contributed by atoms with Gasteiger partial charge >= 0.3 is 5.97 Å². The van der Waals surface area contributed by atoms with Gasteiger partial charge in [-0.25, -0.2) is 0 Å².